The Morgan fingerprint density at radius 1 is 1.23 bits per heavy atom. The molecule has 0 amide bonds. The molecule has 0 bridgehead atoms. The van der Waals surface area contributed by atoms with Gasteiger partial charge in [0, 0.05) is 13.2 Å². The van der Waals surface area contributed by atoms with E-state index in [4.69, 9.17) is 17.0 Å². The van der Waals surface area contributed by atoms with Crippen molar-refractivity contribution in [2.24, 2.45) is 0 Å². The molecule has 0 saturated carbocycles. The number of anilines is 2. The van der Waals surface area contributed by atoms with E-state index in [1.807, 2.05) is 25.1 Å². The van der Waals surface area contributed by atoms with Crippen LogP contribution in [0.5, 0.6) is 0 Å². The predicted octanol–water partition coefficient (Wildman–Crippen LogP) is 3.16. The normalized spacial score (nSPS) is 11.9. The van der Waals surface area contributed by atoms with Gasteiger partial charge in [0.25, 0.3) is 0 Å². The fraction of sp³-hybridized carbons (Fsp3) is 0.400. The lowest BCUT2D eigenvalue weighted by Crippen LogP contribution is -2.14. The second-order valence-corrected chi connectivity index (χ2v) is 5.09. The fourth-order valence-electron chi connectivity index (χ4n) is 1.95. The summed E-state index contributed by atoms with van der Waals surface area (Å²) in [7, 11) is 0. The number of nitrogens with zero attached hydrogens (tertiary/aromatic N) is 2. The summed E-state index contributed by atoms with van der Waals surface area (Å²) in [4.78, 5) is 11.5. The largest absolute Gasteiger partial charge is 0.380 e. The van der Waals surface area contributed by atoms with Gasteiger partial charge in [0.05, 0.1) is 12.6 Å². The van der Waals surface area contributed by atoms with Gasteiger partial charge in [-0.1, -0.05) is 30.3 Å². The van der Waals surface area contributed by atoms with Crippen LogP contribution in [0.2, 0.25) is 0 Å². The molecule has 0 aliphatic carbocycles. The van der Waals surface area contributed by atoms with Crippen LogP contribution in [0.3, 0.4) is 0 Å². The molecule has 0 aliphatic heterocycles. The quantitative estimate of drug-likeness (QED) is 0.513. The number of benzene rings is 1. The molecule has 6 nitrogen and oxygen atoms in total. The van der Waals surface area contributed by atoms with Crippen LogP contribution in [-0.4, -0.2) is 34.7 Å². The maximum Gasteiger partial charge on any atom is 0.225 e. The summed E-state index contributed by atoms with van der Waals surface area (Å²) >= 11 is 5.10. The first kappa shape index (κ1) is 16.4. The molecular weight excluding hydrogens is 298 g/mol. The molecule has 3 N–H and O–H groups in total. The first-order chi connectivity index (χ1) is 10.7. The molecule has 1 aromatic heterocycles. The van der Waals surface area contributed by atoms with Gasteiger partial charge in [-0.25, -0.2) is 0 Å². The highest BCUT2D eigenvalue weighted by Gasteiger charge is 2.07. The molecule has 2 aromatic rings. The first-order valence-electron chi connectivity index (χ1n) is 7.30. The monoisotopic (exact) mass is 319 g/mol. The molecule has 1 aromatic carbocycles. The Kier molecular flexibility index (Phi) is 6.29. The molecule has 7 heteroatoms. The number of rotatable bonds is 8. The topological polar surface area (TPSA) is 74.9 Å². The Balaban J connectivity index is 2.01. The van der Waals surface area contributed by atoms with Gasteiger partial charge < -0.3 is 15.4 Å². The second kappa shape index (κ2) is 8.45. The standard InChI is InChI=1S/C15H21N5OS/c1-3-21-10-9-16-13-18-14(20-15(22)19-13)17-11(2)12-7-5-4-6-8-12/h4-8,11H,3,9-10H2,1-2H3,(H3,16,17,18,19,20,22)/t11-/m0/s1. The Morgan fingerprint density at radius 3 is 2.68 bits per heavy atom. The average Bonchev–Trinajstić information content (AvgIpc) is 2.52. The summed E-state index contributed by atoms with van der Waals surface area (Å²) in [5.41, 5.74) is 1.17. The van der Waals surface area contributed by atoms with Gasteiger partial charge in [0.2, 0.25) is 16.7 Å². The van der Waals surface area contributed by atoms with Gasteiger partial charge in [-0.05, 0) is 31.6 Å². The lowest BCUT2D eigenvalue weighted by Gasteiger charge is -2.15. The zero-order valence-corrected chi connectivity index (χ0v) is 13.6. The van der Waals surface area contributed by atoms with E-state index >= 15 is 0 Å². The number of aromatic nitrogens is 3. The van der Waals surface area contributed by atoms with E-state index in [0.29, 0.717) is 36.4 Å². The number of nitrogens with one attached hydrogen (secondary N) is 3. The summed E-state index contributed by atoms with van der Waals surface area (Å²) in [6.45, 7) is 6.00. The van der Waals surface area contributed by atoms with Gasteiger partial charge >= 0.3 is 0 Å². The van der Waals surface area contributed by atoms with Crippen molar-refractivity contribution in [3.05, 3.63) is 40.7 Å². The molecule has 0 radical (unpaired) electrons. The van der Waals surface area contributed by atoms with Crippen molar-refractivity contribution < 1.29 is 4.74 Å². The number of hydrogen-bond donors (Lipinski definition) is 3. The molecule has 1 atom stereocenters. The molecule has 0 aliphatic rings. The maximum absolute atomic E-state index is 5.28. The van der Waals surface area contributed by atoms with Gasteiger partial charge in [0.15, 0.2) is 0 Å². The number of ether oxygens (including phenoxy) is 1. The molecule has 0 fully saturated rings. The Morgan fingerprint density at radius 2 is 1.95 bits per heavy atom. The Hall–Kier alpha value is -1.99. The van der Waals surface area contributed by atoms with Crippen LogP contribution in [0.1, 0.15) is 25.5 Å². The highest BCUT2D eigenvalue weighted by molar-refractivity contribution is 7.71. The van der Waals surface area contributed by atoms with Crippen LogP contribution in [0.4, 0.5) is 11.9 Å². The predicted molar refractivity (Wildman–Crippen MR) is 90.7 cm³/mol. The smallest absolute Gasteiger partial charge is 0.225 e. The highest BCUT2D eigenvalue weighted by atomic mass is 32.1. The third-order valence-corrected chi connectivity index (χ3v) is 3.23. The molecule has 0 unspecified atom stereocenters. The van der Waals surface area contributed by atoms with Crippen LogP contribution in [0.25, 0.3) is 0 Å². The maximum atomic E-state index is 5.28. The number of H-pyrrole nitrogens is 1. The summed E-state index contributed by atoms with van der Waals surface area (Å²) in [6, 6.07) is 10.3. The average molecular weight is 319 g/mol. The van der Waals surface area contributed by atoms with Crippen molar-refractivity contribution in [3.63, 3.8) is 0 Å². The first-order valence-corrected chi connectivity index (χ1v) is 7.71. The van der Waals surface area contributed by atoms with Crippen molar-refractivity contribution in [2.75, 3.05) is 30.4 Å². The highest BCUT2D eigenvalue weighted by Crippen LogP contribution is 2.16. The van der Waals surface area contributed by atoms with Crippen molar-refractivity contribution >= 4 is 24.1 Å². The van der Waals surface area contributed by atoms with E-state index in [2.05, 4.69) is 44.6 Å². The van der Waals surface area contributed by atoms with Gasteiger partial charge in [0.1, 0.15) is 0 Å². The van der Waals surface area contributed by atoms with Crippen LogP contribution >= 0.6 is 12.2 Å². The lowest BCUT2D eigenvalue weighted by atomic mass is 10.1. The van der Waals surface area contributed by atoms with Crippen LogP contribution in [0.15, 0.2) is 30.3 Å². The van der Waals surface area contributed by atoms with Crippen LogP contribution in [-0.2, 0) is 4.74 Å². The molecule has 2 rings (SSSR count). The van der Waals surface area contributed by atoms with Gasteiger partial charge in [-0.3, -0.25) is 4.98 Å². The van der Waals surface area contributed by atoms with E-state index in [1.165, 1.54) is 5.56 Å². The summed E-state index contributed by atoms with van der Waals surface area (Å²) in [6.07, 6.45) is 0. The second-order valence-electron chi connectivity index (χ2n) is 4.73. The fourth-order valence-corrected chi connectivity index (χ4v) is 2.14. The van der Waals surface area contributed by atoms with E-state index in [-0.39, 0.29) is 6.04 Å². The van der Waals surface area contributed by atoms with E-state index in [9.17, 15) is 0 Å². The van der Waals surface area contributed by atoms with Crippen molar-refractivity contribution in [1.82, 2.24) is 15.0 Å². The molecular formula is C15H21N5OS. The van der Waals surface area contributed by atoms with E-state index in [1.54, 1.807) is 0 Å². The molecule has 1 heterocycles. The zero-order chi connectivity index (χ0) is 15.8. The minimum absolute atomic E-state index is 0.109. The van der Waals surface area contributed by atoms with Crippen molar-refractivity contribution in [1.29, 1.82) is 0 Å². The SMILES string of the molecule is CCOCCNc1nc(=S)nc(N[C@@H](C)c2ccccc2)[nH]1. The lowest BCUT2D eigenvalue weighted by molar-refractivity contribution is 0.158. The molecule has 22 heavy (non-hydrogen) atoms. The summed E-state index contributed by atoms with van der Waals surface area (Å²) < 4.78 is 5.57. The van der Waals surface area contributed by atoms with Gasteiger partial charge in [-0.15, -0.1) is 0 Å². The Bertz CT molecular complexity index is 631. The molecule has 0 saturated heterocycles. The van der Waals surface area contributed by atoms with Crippen molar-refractivity contribution in [3.8, 4) is 0 Å². The van der Waals surface area contributed by atoms with E-state index < -0.39 is 0 Å². The van der Waals surface area contributed by atoms with Crippen LogP contribution < -0.4 is 10.6 Å². The minimum atomic E-state index is 0.109. The third-order valence-electron chi connectivity index (χ3n) is 3.05. The van der Waals surface area contributed by atoms with Crippen LogP contribution in [0, 0.1) is 4.77 Å². The number of hydrogen-bond acceptors (Lipinski definition) is 6. The number of aromatic amines is 1. The van der Waals surface area contributed by atoms with Gasteiger partial charge in [-0.2, -0.15) is 9.97 Å². The molecule has 0 spiro atoms. The third kappa shape index (κ3) is 5.09. The summed E-state index contributed by atoms with van der Waals surface area (Å²) in [5.74, 6) is 1.18. The minimum Gasteiger partial charge on any atom is -0.380 e. The van der Waals surface area contributed by atoms with E-state index in [0.717, 1.165) is 0 Å². The zero-order valence-electron chi connectivity index (χ0n) is 12.8. The molecule has 118 valence electrons. The Labute approximate surface area is 135 Å². The van der Waals surface area contributed by atoms with Crippen molar-refractivity contribution in [2.45, 2.75) is 19.9 Å². The summed E-state index contributed by atoms with van der Waals surface area (Å²) in [5, 5.41) is 6.43.